The molecule has 0 saturated heterocycles. The van der Waals surface area contributed by atoms with Crippen molar-refractivity contribution in [1.29, 1.82) is 0 Å². The standard InChI is InChI=1S/C28H23N3O5/c1-29(2)16-9-10-19-22(15-16)36-27-20(25(19)17-7-5-6-8-18(17)28(34)35)11-12-21(30(3)4)26(27)31-23(32)13-14-24(31)33/h5-15H,1-4H3/p+1. The molecule has 2 heterocycles. The van der Waals surface area contributed by atoms with Crippen LogP contribution in [0.25, 0.3) is 33.4 Å². The van der Waals surface area contributed by atoms with Crippen LogP contribution in [0.2, 0.25) is 0 Å². The summed E-state index contributed by atoms with van der Waals surface area (Å²) in [4.78, 5) is 40.8. The van der Waals surface area contributed by atoms with Crippen molar-refractivity contribution in [2.45, 2.75) is 0 Å². The Morgan fingerprint density at radius 2 is 1.64 bits per heavy atom. The zero-order chi connectivity index (χ0) is 25.7. The van der Waals surface area contributed by atoms with E-state index in [4.69, 9.17) is 4.42 Å². The van der Waals surface area contributed by atoms with E-state index in [1.807, 2.05) is 57.4 Å². The van der Waals surface area contributed by atoms with Crippen LogP contribution in [-0.2, 0) is 9.59 Å². The van der Waals surface area contributed by atoms with E-state index < -0.39 is 17.8 Å². The van der Waals surface area contributed by atoms with Crippen LogP contribution >= 0.6 is 0 Å². The second-order valence-corrected chi connectivity index (χ2v) is 8.95. The molecule has 1 N–H and O–H groups in total. The Morgan fingerprint density at radius 1 is 0.944 bits per heavy atom. The normalized spacial score (nSPS) is 13.2. The van der Waals surface area contributed by atoms with Crippen LogP contribution in [0.5, 0.6) is 0 Å². The highest BCUT2D eigenvalue weighted by atomic mass is 16.4. The van der Waals surface area contributed by atoms with Crippen molar-refractivity contribution in [1.82, 2.24) is 4.58 Å². The van der Waals surface area contributed by atoms with Crippen LogP contribution in [0.15, 0.2) is 71.2 Å². The van der Waals surface area contributed by atoms with Gasteiger partial charge in [0.15, 0.2) is 11.4 Å². The summed E-state index contributed by atoms with van der Waals surface area (Å²) in [6.45, 7) is 0. The summed E-state index contributed by atoms with van der Waals surface area (Å²) >= 11 is 0. The second kappa shape index (κ2) is 8.49. The lowest BCUT2D eigenvalue weighted by Gasteiger charge is -2.22. The molecule has 5 rings (SSSR count). The average molecular weight is 483 g/mol. The van der Waals surface area contributed by atoms with E-state index in [0.29, 0.717) is 44.5 Å². The number of carbonyl (C=O) groups excluding carboxylic acids is 2. The lowest BCUT2D eigenvalue weighted by Crippen LogP contribution is -2.38. The molecule has 8 heteroatoms. The molecule has 0 saturated carbocycles. The first-order valence-corrected chi connectivity index (χ1v) is 11.3. The van der Waals surface area contributed by atoms with Gasteiger partial charge in [-0.15, -0.1) is 0 Å². The highest BCUT2D eigenvalue weighted by Crippen LogP contribution is 2.45. The van der Waals surface area contributed by atoms with Gasteiger partial charge in [-0.05, 0) is 29.8 Å². The molecule has 2 aliphatic heterocycles. The number of amides is 2. The molecular formula is C28H24N3O5+. The van der Waals surface area contributed by atoms with E-state index >= 15 is 0 Å². The molecule has 0 spiro atoms. The zero-order valence-electron chi connectivity index (χ0n) is 20.3. The number of carboxylic acids is 1. The van der Waals surface area contributed by atoms with Gasteiger partial charge in [0.2, 0.25) is 5.36 Å². The second-order valence-electron chi connectivity index (χ2n) is 8.95. The number of nitrogens with zero attached hydrogens (tertiary/aromatic N) is 3. The molecule has 0 radical (unpaired) electrons. The van der Waals surface area contributed by atoms with Gasteiger partial charge in [0.1, 0.15) is 19.7 Å². The van der Waals surface area contributed by atoms with E-state index in [1.165, 1.54) is 12.2 Å². The molecule has 2 aromatic carbocycles. The van der Waals surface area contributed by atoms with Gasteiger partial charge in [0, 0.05) is 60.6 Å². The number of imide groups is 1. The summed E-state index contributed by atoms with van der Waals surface area (Å²) < 4.78 is 8.26. The number of fused-ring (bicyclic) bond motifs is 2. The summed E-state index contributed by atoms with van der Waals surface area (Å²) in [7, 11) is 7.45. The Labute approximate surface area is 207 Å². The van der Waals surface area contributed by atoms with Gasteiger partial charge < -0.3 is 14.4 Å². The Kier molecular flexibility index (Phi) is 5.44. The SMILES string of the molecule is CN(C)c1ccc2c(-c3ccccc3C(=O)O)c3ccc(=[N+](C)C)c(N4C(=O)C=CC4=O)c-3oc2c1. The highest BCUT2D eigenvalue weighted by Gasteiger charge is 2.35. The smallest absolute Gasteiger partial charge is 0.336 e. The van der Waals surface area contributed by atoms with Crippen molar-refractivity contribution >= 4 is 40.1 Å². The van der Waals surface area contributed by atoms with Crippen molar-refractivity contribution in [2.24, 2.45) is 0 Å². The lowest BCUT2D eigenvalue weighted by molar-refractivity contribution is -0.120. The van der Waals surface area contributed by atoms with Gasteiger partial charge in [-0.25, -0.2) is 14.3 Å². The predicted octanol–water partition coefficient (Wildman–Crippen LogP) is 3.43. The predicted molar refractivity (Wildman–Crippen MR) is 138 cm³/mol. The molecule has 8 nitrogen and oxygen atoms in total. The molecule has 0 unspecified atom stereocenters. The molecule has 3 aliphatic rings. The number of rotatable bonds is 4. The van der Waals surface area contributed by atoms with E-state index in [-0.39, 0.29) is 5.56 Å². The maximum absolute atomic E-state index is 12.8. The first kappa shape index (κ1) is 23.0. The van der Waals surface area contributed by atoms with Crippen LogP contribution in [0.3, 0.4) is 0 Å². The van der Waals surface area contributed by atoms with E-state index in [1.54, 1.807) is 34.9 Å². The first-order valence-electron chi connectivity index (χ1n) is 11.3. The third-order valence-electron chi connectivity index (χ3n) is 6.28. The number of benzene rings is 3. The van der Waals surface area contributed by atoms with Crippen molar-refractivity contribution in [3.8, 4) is 22.5 Å². The van der Waals surface area contributed by atoms with Gasteiger partial charge in [-0.2, -0.15) is 0 Å². The van der Waals surface area contributed by atoms with E-state index in [0.717, 1.165) is 10.6 Å². The molecule has 0 atom stereocenters. The summed E-state index contributed by atoms with van der Waals surface area (Å²) in [5, 5.41) is 11.3. The van der Waals surface area contributed by atoms with E-state index in [9.17, 15) is 19.5 Å². The van der Waals surface area contributed by atoms with Gasteiger partial charge in [-0.3, -0.25) is 9.59 Å². The molecule has 1 aliphatic carbocycles. The van der Waals surface area contributed by atoms with Crippen molar-refractivity contribution in [3.05, 3.63) is 77.7 Å². The average Bonchev–Trinajstić information content (AvgIpc) is 3.18. The Hall–Kier alpha value is -4.72. The topological polar surface area (TPSA) is 94.1 Å². The van der Waals surface area contributed by atoms with Gasteiger partial charge in [0.25, 0.3) is 11.8 Å². The zero-order valence-corrected chi connectivity index (χ0v) is 20.3. The number of carboxylic acid groups (broad SMARTS) is 1. The summed E-state index contributed by atoms with van der Waals surface area (Å²) in [6.07, 6.45) is 2.46. The molecule has 0 aromatic heterocycles. The monoisotopic (exact) mass is 482 g/mol. The lowest BCUT2D eigenvalue weighted by atomic mass is 9.90. The fraction of sp³-hybridized carbons (Fsp3) is 0.143. The van der Waals surface area contributed by atoms with Crippen molar-refractivity contribution < 1.29 is 23.9 Å². The number of aromatic carboxylic acids is 1. The molecule has 0 fully saturated rings. The fourth-order valence-electron chi connectivity index (χ4n) is 4.57. The minimum atomic E-state index is -1.06. The Balaban J connectivity index is 2.00. The number of hydrogen-bond acceptors (Lipinski definition) is 5. The van der Waals surface area contributed by atoms with Gasteiger partial charge in [0.05, 0.1) is 5.56 Å². The first-order chi connectivity index (χ1) is 17.2. The van der Waals surface area contributed by atoms with Crippen molar-refractivity contribution in [2.75, 3.05) is 38.0 Å². The van der Waals surface area contributed by atoms with Gasteiger partial charge in [-0.1, -0.05) is 18.2 Å². The quantitative estimate of drug-likeness (QED) is 0.272. The number of anilines is 2. The third-order valence-corrected chi connectivity index (χ3v) is 6.28. The minimum absolute atomic E-state index is 0.135. The number of carbonyl (C=O) groups is 3. The summed E-state index contributed by atoms with van der Waals surface area (Å²) in [5.41, 5.74) is 3.56. The largest absolute Gasteiger partial charge is 0.478 e. The molecule has 36 heavy (non-hydrogen) atoms. The van der Waals surface area contributed by atoms with Gasteiger partial charge >= 0.3 is 5.97 Å². The van der Waals surface area contributed by atoms with Crippen molar-refractivity contribution in [3.63, 3.8) is 0 Å². The fourth-order valence-corrected chi connectivity index (χ4v) is 4.57. The van der Waals surface area contributed by atoms with Crippen LogP contribution in [0.4, 0.5) is 11.4 Å². The molecule has 2 aromatic rings. The third kappa shape index (κ3) is 3.54. The molecular weight excluding hydrogens is 458 g/mol. The number of hydrogen-bond donors (Lipinski definition) is 1. The molecule has 180 valence electrons. The van der Waals surface area contributed by atoms with E-state index in [2.05, 4.69) is 0 Å². The summed E-state index contributed by atoms with van der Waals surface area (Å²) in [5.74, 6) is -1.69. The van der Waals surface area contributed by atoms with Crippen LogP contribution in [0, 0.1) is 0 Å². The Bertz CT molecular complexity index is 1640. The highest BCUT2D eigenvalue weighted by molar-refractivity contribution is 6.29. The van der Waals surface area contributed by atoms with Crippen LogP contribution in [-0.4, -0.2) is 51.1 Å². The Morgan fingerprint density at radius 3 is 2.28 bits per heavy atom. The molecule has 2 amide bonds. The minimum Gasteiger partial charge on any atom is -0.478 e. The maximum atomic E-state index is 12.8. The van der Waals surface area contributed by atoms with Crippen LogP contribution in [0.1, 0.15) is 10.4 Å². The van der Waals surface area contributed by atoms with Crippen LogP contribution < -0.4 is 19.7 Å². The summed E-state index contributed by atoms with van der Waals surface area (Å²) in [6, 6.07) is 16.1. The maximum Gasteiger partial charge on any atom is 0.336 e. The molecule has 0 bridgehead atoms.